The van der Waals surface area contributed by atoms with Crippen LogP contribution in [0, 0.1) is 0 Å². The van der Waals surface area contributed by atoms with Crippen molar-refractivity contribution in [3.63, 3.8) is 0 Å². The number of halogens is 1. The fraction of sp³-hybridized carbons (Fsp3) is 0.143. The van der Waals surface area contributed by atoms with Gasteiger partial charge in [-0.3, -0.25) is 9.69 Å². The SMILES string of the molecule is C=CCOc1ccc(/C=C2\SC(=S)N(c3cccc(Cl)c3)C2=O)cc1OCC. The van der Waals surface area contributed by atoms with Gasteiger partial charge in [0.2, 0.25) is 0 Å². The Morgan fingerprint density at radius 2 is 2.04 bits per heavy atom. The molecule has 0 bridgehead atoms. The highest BCUT2D eigenvalue weighted by Crippen LogP contribution is 2.37. The number of ether oxygens (including phenoxy) is 2. The first kappa shape index (κ1) is 20.5. The molecule has 3 rings (SSSR count). The van der Waals surface area contributed by atoms with Crippen molar-refractivity contribution in [1.29, 1.82) is 0 Å². The fourth-order valence-corrected chi connectivity index (χ4v) is 4.09. The minimum atomic E-state index is -0.179. The van der Waals surface area contributed by atoms with Crippen LogP contribution in [0.4, 0.5) is 5.69 Å². The van der Waals surface area contributed by atoms with Crippen molar-refractivity contribution in [2.24, 2.45) is 0 Å². The van der Waals surface area contributed by atoms with E-state index in [4.69, 9.17) is 33.3 Å². The minimum absolute atomic E-state index is 0.179. The first-order valence-electron chi connectivity index (χ1n) is 8.57. The number of benzene rings is 2. The molecule has 0 aromatic heterocycles. The van der Waals surface area contributed by atoms with Crippen LogP contribution in [0.1, 0.15) is 12.5 Å². The van der Waals surface area contributed by atoms with Crippen molar-refractivity contribution < 1.29 is 14.3 Å². The zero-order chi connectivity index (χ0) is 20.1. The zero-order valence-electron chi connectivity index (χ0n) is 15.2. The number of hydrogen-bond donors (Lipinski definition) is 0. The summed E-state index contributed by atoms with van der Waals surface area (Å²) in [5.74, 6) is 1.07. The van der Waals surface area contributed by atoms with Gasteiger partial charge in [-0.1, -0.05) is 60.4 Å². The maximum Gasteiger partial charge on any atom is 0.270 e. The summed E-state index contributed by atoms with van der Waals surface area (Å²) in [5, 5.41) is 0.548. The highest BCUT2D eigenvalue weighted by Gasteiger charge is 2.33. The van der Waals surface area contributed by atoms with Gasteiger partial charge in [-0.15, -0.1) is 0 Å². The summed E-state index contributed by atoms with van der Waals surface area (Å²) >= 11 is 12.7. The van der Waals surface area contributed by atoms with Crippen molar-refractivity contribution >= 4 is 57.6 Å². The highest BCUT2D eigenvalue weighted by atomic mass is 35.5. The molecule has 0 radical (unpaired) electrons. The Morgan fingerprint density at radius 3 is 2.75 bits per heavy atom. The molecule has 144 valence electrons. The minimum Gasteiger partial charge on any atom is -0.490 e. The lowest BCUT2D eigenvalue weighted by molar-refractivity contribution is -0.113. The molecule has 7 heteroatoms. The molecule has 2 aromatic rings. The van der Waals surface area contributed by atoms with Crippen molar-refractivity contribution in [2.75, 3.05) is 18.1 Å². The van der Waals surface area contributed by atoms with Gasteiger partial charge in [0.05, 0.1) is 17.2 Å². The van der Waals surface area contributed by atoms with E-state index in [9.17, 15) is 4.79 Å². The van der Waals surface area contributed by atoms with Crippen LogP contribution >= 0.6 is 35.6 Å². The van der Waals surface area contributed by atoms with Crippen molar-refractivity contribution in [1.82, 2.24) is 0 Å². The van der Waals surface area contributed by atoms with Crippen LogP contribution in [0.25, 0.3) is 6.08 Å². The monoisotopic (exact) mass is 431 g/mol. The molecule has 0 saturated carbocycles. The molecule has 28 heavy (non-hydrogen) atoms. The van der Waals surface area contributed by atoms with Crippen LogP contribution in [-0.2, 0) is 4.79 Å². The predicted molar refractivity (Wildman–Crippen MR) is 120 cm³/mol. The fourth-order valence-electron chi connectivity index (χ4n) is 2.61. The van der Waals surface area contributed by atoms with E-state index in [1.54, 1.807) is 36.4 Å². The van der Waals surface area contributed by atoms with Gasteiger partial charge in [-0.2, -0.15) is 0 Å². The van der Waals surface area contributed by atoms with E-state index >= 15 is 0 Å². The number of thiocarbonyl (C=S) groups is 1. The van der Waals surface area contributed by atoms with E-state index in [1.165, 1.54) is 16.7 Å². The number of amides is 1. The molecular weight excluding hydrogens is 414 g/mol. The van der Waals surface area contributed by atoms with Crippen LogP contribution in [0.5, 0.6) is 11.5 Å². The number of carbonyl (C=O) groups is 1. The van der Waals surface area contributed by atoms with E-state index < -0.39 is 0 Å². The number of rotatable bonds is 7. The second kappa shape index (κ2) is 9.28. The summed E-state index contributed by atoms with van der Waals surface area (Å²) < 4.78 is 11.7. The molecule has 0 N–H and O–H groups in total. The topological polar surface area (TPSA) is 38.8 Å². The number of anilines is 1. The highest BCUT2D eigenvalue weighted by molar-refractivity contribution is 8.27. The molecule has 0 aliphatic carbocycles. The Morgan fingerprint density at radius 1 is 1.21 bits per heavy atom. The van der Waals surface area contributed by atoms with Gasteiger partial charge in [-0.05, 0) is 48.9 Å². The summed E-state index contributed by atoms with van der Waals surface area (Å²) in [6.45, 7) is 6.44. The van der Waals surface area contributed by atoms with E-state index in [1.807, 2.05) is 25.1 Å². The summed E-state index contributed by atoms with van der Waals surface area (Å²) in [6.07, 6.45) is 3.47. The van der Waals surface area contributed by atoms with Crippen molar-refractivity contribution in [3.8, 4) is 11.5 Å². The number of carbonyl (C=O) groups excluding carboxylic acids is 1. The van der Waals surface area contributed by atoms with Gasteiger partial charge in [0.1, 0.15) is 6.61 Å². The van der Waals surface area contributed by atoms with Crippen LogP contribution in [-0.4, -0.2) is 23.4 Å². The molecule has 1 fully saturated rings. The second-order valence-electron chi connectivity index (χ2n) is 5.74. The van der Waals surface area contributed by atoms with E-state index in [0.29, 0.717) is 44.6 Å². The van der Waals surface area contributed by atoms with Gasteiger partial charge < -0.3 is 9.47 Å². The van der Waals surface area contributed by atoms with E-state index in [0.717, 1.165) is 5.56 Å². The largest absolute Gasteiger partial charge is 0.490 e. The third-order valence-corrected chi connectivity index (χ3v) is 5.32. The number of thioether (sulfide) groups is 1. The maximum absolute atomic E-state index is 12.9. The number of hydrogen-bond acceptors (Lipinski definition) is 5. The lowest BCUT2D eigenvalue weighted by atomic mass is 10.1. The predicted octanol–water partition coefficient (Wildman–Crippen LogP) is 5.71. The Labute approximate surface area is 178 Å². The van der Waals surface area contributed by atoms with Crippen molar-refractivity contribution in [3.05, 3.63) is 70.6 Å². The quantitative estimate of drug-likeness (QED) is 0.319. The molecule has 1 aliphatic rings. The molecule has 1 saturated heterocycles. The Balaban J connectivity index is 1.89. The average Bonchev–Trinajstić information content (AvgIpc) is 2.94. The summed E-state index contributed by atoms with van der Waals surface area (Å²) in [5.41, 5.74) is 1.47. The summed E-state index contributed by atoms with van der Waals surface area (Å²) in [4.78, 5) is 14.9. The molecule has 4 nitrogen and oxygen atoms in total. The van der Waals surface area contributed by atoms with Crippen LogP contribution < -0.4 is 14.4 Å². The first-order chi connectivity index (χ1) is 13.5. The third kappa shape index (κ3) is 4.58. The second-order valence-corrected chi connectivity index (χ2v) is 7.85. The molecule has 1 aliphatic heterocycles. The summed E-state index contributed by atoms with van der Waals surface area (Å²) in [7, 11) is 0. The van der Waals surface area contributed by atoms with Gasteiger partial charge in [-0.25, -0.2) is 0 Å². The molecule has 2 aromatic carbocycles. The van der Waals surface area contributed by atoms with Gasteiger partial charge >= 0.3 is 0 Å². The Hall–Kier alpha value is -2.28. The van der Waals surface area contributed by atoms with Crippen LogP contribution in [0.15, 0.2) is 60.0 Å². The van der Waals surface area contributed by atoms with Gasteiger partial charge in [0.25, 0.3) is 5.91 Å². The molecule has 1 amide bonds. The standard InChI is InChI=1S/C21H18ClNO3S2/c1-3-10-26-17-9-8-14(11-18(17)25-4-2)12-19-20(24)23(21(27)28-19)16-7-5-6-15(22)13-16/h3,5-9,11-13H,1,4,10H2,2H3/b19-12-. The zero-order valence-corrected chi connectivity index (χ0v) is 17.6. The van der Waals surface area contributed by atoms with Crippen LogP contribution in [0.3, 0.4) is 0 Å². The van der Waals surface area contributed by atoms with E-state index in [-0.39, 0.29) is 5.91 Å². The molecule has 0 atom stereocenters. The molecule has 0 unspecified atom stereocenters. The maximum atomic E-state index is 12.9. The molecular formula is C21H18ClNO3S2. The molecule has 1 heterocycles. The lowest BCUT2D eigenvalue weighted by Crippen LogP contribution is -2.27. The van der Waals surface area contributed by atoms with Gasteiger partial charge in [0, 0.05) is 5.02 Å². The lowest BCUT2D eigenvalue weighted by Gasteiger charge is -2.14. The van der Waals surface area contributed by atoms with Gasteiger partial charge in [0.15, 0.2) is 15.8 Å². The van der Waals surface area contributed by atoms with E-state index in [2.05, 4.69) is 6.58 Å². The third-order valence-electron chi connectivity index (χ3n) is 3.78. The average molecular weight is 432 g/mol. The molecule has 0 spiro atoms. The van der Waals surface area contributed by atoms with Crippen molar-refractivity contribution in [2.45, 2.75) is 6.92 Å². The Bertz CT molecular complexity index is 958. The van der Waals surface area contributed by atoms with Crippen LogP contribution in [0.2, 0.25) is 5.02 Å². The smallest absolute Gasteiger partial charge is 0.270 e. The number of nitrogens with zero attached hydrogens (tertiary/aromatic N) is 1. The normalized spacial score (nSPS) is 15.2. The first-order valence-corrected chi connectivity index (χ1v) is 10.2. The summed E-state index contributed by atoms with van der Waals surface area (Å²) in [6, 6.07) is 12.6. The Kier molecular flexibility index (Phi) is 6.78.